The summed E-state index contributed by atoms with van der Waals surface area (Å²) in [5.74, 6) is -12.6. The summed E-state index contributed by atoms with van der Waals surface area (Å²) in [5.41, 5.74) is 22.7. The molecule has 1 aliphatic heterocycles. The van der Waals surface area contributed by atoms with Crippen LogP contribution in [0, 0.1) is 5.92 Å². The van der Waals surface area contributed by atoms with E-state index in [0.29, 0.717) is 11.1 Å². The van der Waals surface area contributed by atoms with Crippen molar-refractivity contribution in [2.45, 2.75) is 145 Å². The van der Waals surface area contributed by atoms with Crippen molar-refractivity contribution in [3.8, 4) is 5.75 Å². The molecule has 0 aromatic heterocycles. The molecule has 19 N–H and O–H groups in total. The van der Waals surface area contributed by atoms with Crippen molar-refractivity contribution in [1.82, 2.24) is 42.1 Å². The summed E-state index contributed by atoms with van der Waals surface area (Å²) in [6.45, 7) is 3.36. The molecule has 2 aromatic carbocycles. The Bertz CT molecular complexity index is 2460. The number of benzene rings is 2. The van der Waals surface area contributed by atoms with Gasteiger partial charge in [0, 0.05) is 32.2 Å². The molecule has 10 atom stereocenters. The van der Waals surface area contributed by atoms with Crippen LogP contribution in [-0.4, -0.2) is 170 Å². The number of carbonyl (C=O) groups excluding carboxylic acids is 11. The minimum Gasteiger partial charge on any atom is -0.508 e. The van der Waals surface area contributed by atoms with Gasteiger partial charge in [-0.25, -0.2) is 4.79 Å². The average Bonchev–Trinajstić information content (AvgIpc) is 3.87. The fraction of sp³-hybridized carbons (Fsp3) is 0.520. The molecule has 0 bridgehead atoms. The van der Waals surface area contributed by atoms with Gasteiger partial charge in [0.05, 0.1) is 25.2 Å². The molecular weight excluding hydrogens is 1020 g/mol. The quantitative estimate of drug-likeness (QED) is 0.0326. The van der Waals surface area contributed by atoms with E-state index >= 15 is 0 Å². The van der Waals surface area contributed by atoms with E-state index in [0.717, 1.165) is 11.8 Å². The van der Waals surface area contributed by atoms with Crippen LogP contribution in [0.15, 0.2) is 54.6 Å². The first-order valence-electron chi connectivity index (χ1n) is 25.1. The van der Waals surface area contributed by atoms with E-state index in [-0.39, 0.29) is 69.6 Å². The molecule has 0 radical (unpaired) electrons. The van der Waals surface area contributed by atoms with E-state index in [1.54, 1.807) is 44.2 Å². The number of primary amides is 3. The molecule has 1 heterocycles. The zero-order valence-corrected chi connectivity index (χ0v) is 43.5. The second-order valence-corrected chi connectivity index (χ2v) is 19.3. The van der Waals surface area contributed by atoms with Crippen molar-refractivity contribution in [3.63, 3.8) is 0 Å². The van der Waals surface area contributed by atoms with Crippen molar-refractivity contribution in [2.75, 3.05) is 13.2 Å². The molecule has 28 heteroatoms. The van der Waals surface area contributed by atoms with E-state index in [2.05, 4.69) is 37.2 Å². The number of aliphatic hydroxyl groups excluding tert-OH is 2. The number of hydrogen-bond acceptors (Lipinski definition) is 16. The lowest BCUT2D eigenvalue weighted by Crippen LogP contribution is -2.61. The highest BCUT2D eigenvalue weighted by Crippen LogP contribution is 2.22. The Labute approximate surface area is 448 Å². The summed E-state index contributed by atoms with van der Waals surface area (Å²) in [6, 6.07) is -0.0502. The average molecular weight is 1100 g/mol. The Morgan fingerprint density at radius 1 is 0.603 bits per heavy atom. The number of nitrogens with one attached hydrogen (secondary N) is 7. The summed E-state index contributed by atoms with van der Waals surface area (Å²) < 4.78 is 0. The van der Waals surface area contributed by atoms with Crippen LogP contribution in [0.2, 0.25) is 0 Å². The second-order valence-electron chi connectivity index (χ2n) is 19.3. The lowest BCUT2D eigenvalue weighted by molar-refractivity contribution is -0.145. The minimum absolute atomic E-state index is 0.0281. The van der Waals surface area contributed by atoms with E-state index in [9.17, 15) is 78.0 Å². The molecule has 1 saturated heterocycles. The molecule has 1 aliphatic rings. The molecule has 0 saturated carbocycles. The Kier molecular flexibility index (Phi) is 25.5. The topological polar surface area (TPSA) is 477 Å². The van der Waals surface area contributed by atoms with Crippen LogP contribution < -0.4 is 60.2 Å². The zero-order valence-electron chi connectivity index (χ0n) is 43.5. The number of nitrogens with two attached hydrogens (primary N) is 4. The highest BCUT2D eigenvalue weighted by molar-refractivity contribution is 5.99. The first-order chi connectivity index (χ1) is 36.7. The second kappa shape index (κ2) is 31.1. The number of carboxylic acids is 1. The van der Waals surface area contributed by atoms with Gasteiger partial charge in [0.15, 0.2) is 6.04 Å². The summed E-state index contributed by atoms with van der Waals surface area (Å²) in [7, 11) is 0. The van der Waals surface area contributed by atoms with Gasteiger partial charge in [-0.2, -0.15) is 0 Å². The molecular formula is C50H72N12O16. The van der Waals surface area contributed by atoms with E-state index in [4.69, 9.17) is 22.9 Å². The lowest BCUT2D eigenvalue weighted by atomic mass is 10.0. The van der Waals surface area contributed by atoms with Crippen molar-refractivity contribution in [3.05, 3.63) is 65.7 Å². The van der Waals surface area contributed by atoms with Gasteiger partial charge in [0.25, 0.3) is 0 Å². The molecule has 11 amide bonds. The minimum atomic E-state index is -1.89. The van der Waals surface area contributed by atoms with Crippen LogP contribution in [0.3, 0.4) is 0 Å². The number of likely N-dealkylation sites (tertiary alicyclic amines) is 1. The first kappa shape index (κ1) is 64.0. The lowest BCUT2D eigenvalue weighted by Gasteiger charge is -2.31. The Hall–Kier alpha value is -8.24. The maximum absolute atomic E-state index is 14.6. The normalized spacial score (nSPS) is 16.5. The molecule has 0 unspecified atom stereocenters. The fourth-order valence-electron chi connectivity index (χ4n) is 8.20. The Balaban J connectivity index is 1.88. The molecule has 428 valence electrons. The highest BCUT2D eigenvalue weighted by Gasteiger charge is 2.41. The number of carbonyl (C=O) groups is 12. The van der Waals surface area contributed by atoms with Gasteiger partial charge in [-0.3, -0.25) is 52.7 Å². The third-order valence-electron chi connectivity index (χ3n) is 12.3. The van der Waals surface area contributed by atoms with Gasteiger partial charge in [-0.15, -0.1) is 0 Å². The summed E-state index contributed by atoms with van der Waals surface area (Å²) >= 11 is 0. The molecule has 0 aliphatic carbocycles. The summed E-state index contributed by atoms with van der Waals surface area (Å²) in [5, 5.41) is 56.8. The predicted molar refractivity (Wildman–Crippen MR) is 275 cm³/mol. The number of nitrogens with zero attached hydrogens (tertiary/aromatic N) is 1. The smallest absolute Gasteiger partial charge is 0.328 e. The Morgan fingerprint density at radius 3 is 1.67 bits per heavy atom. The van der Waals surface area contributed by atoms with E-state index in [1.807, 2.05) is 0 Å². The monoisotopic (exact) mass is 1100 g/mol. The van der Waals surface area contributed by atoms with Gasteiger partial charge in [-0.05, 0) is 68.2 Å². The maximum atomic E-state index is 14.6. The van der Waals surface area contributed by atoms with Gasteiger partial charge in [0.2, 0.25) is 65.0 Å². The van der Waals surface area contributed by atoms with Crippen LogP contribution in [0.1, 0.15) is 83.3 Å². The van der Waals surface area contributed by atoms with Crippen LogP contribution in [0.4, 0.5) is 0 Å². The van der Waals surface area contributed by atoms with Crippen molar-refractivity contribution < 1.29 is 78.0 Å². The molecule has 3 rings (SSSR count). The number of aliphatic carboxylic acids is 1. The van der Waals surface area contributed by atoms with Gasteiger partial charge >= 0.3 is 5.97 Å². The molecule has 1 fully saturated rings. The fourth-order valence-corrected chi connectivity index (χ4v) is 8.20. The van der Waals surface area contributed by atoms with E-state index in [1.165, 1.54) is 24.3 Å². The maximum Gasteiger partial charge on any atom is 0.328 e. The highest BCUT2D eigenvalue weighted by atomic mass is 16.4. The number of phenolic OH excluding ortho intramolecular Hbond substituents is 1. The number of amides is 11. The number of hydrogen-bond donors (Lipinski definition) is 15. The third-order valence-corrected chi connectivity index (χ3v) is 12.3. The van der Waals surface area contributed by atoms with Crippen molar-refractivity contribution >= 4 is 70.9 Å². The number of aromatic hydroxyl groups is 1. The predicted octanol–water partition coefficient (Wildman–Crippen LogP) is -5.20. The first-order valence-corrected chi connectivity index (χ1v) is 25.1. The SMILES string of the molecule is CC(C)C[C@H](NC(=O)[C@H](CCC(N)=O)NC(=O)[C@@H](N)CCC(N)=O)C(=O)N[C@@H](CC(N)=O)C(=O)N[C@@H](CO)C(=O)N[C@@H](Cc1ccc(O)cc1)C(=O)N1CCC[C@H]1C(=O)N[C@@H](Cc1ccccc1)C(=O)N[C@H](C(=O)O)[C@@H](C)O. The molecule has 0 spiro atoms. The zero-order chi connectivity index (χ0) is 58.4. The molecule has 78 heavy (non-hydrogen) atoms. The molecule has 2 aromatic rings. The van der Waals surface area contributed by atoms with Crippen LogP contribution in [0.25, 0.3) is 0 Å². The van der Waals surface area contributed by atoms with Crippen LogP contribution in [-0.2, 0) is 70.4 Å². The van der Waals surface area contributed by atoms with Gasteiger partial charge in [0.1, 0.15) is 48.0 Å². The van der Waals surface area contributed by atoms with Gasteiger partial charge < -0.3 is 85.5 Å². The number of rotatable bonds is 32. The number of phenols is 1. The van der Waals surface area contributed by atoms with Crippen molar-refractivity contribution in [2.24, 2.45) is 28.9 Å². The van der Waals surface area contributed by atoms with Crippen LogP contribution in [0.5, 0.6) is 5.75 Å². The van der Waals surface area contributed by atoms with E-state index < -0.39 is 151 Å². The summed E-state index contributed by atoms with van der Waals surface area (Å²) in [6.07, 6.45) is -3.75. The van der Waals surface area contributed by atoms with Crippen LogP contribution >= 0.6 is 0 Å². The number of aliphatic hydroxyl groups is 2. The largest absolute Gasteiger partial charge is 0.508 e. The van der Waals surface area contributed by atoms with Gasteiger partial charge in [-0.1, -0.05) is 56.3 Å². The standard InChI is InChI=1S/C50H72N12O16/c1-25(2)20-32(56-43(70)31(16-18-39(53)67)55-42(69)30(51)15-17-38(52)66)44(71)57-34(23-40(54)68)45(72)60-36(24-63)47(74)59-35(22-28-11-13-29(65)14-12-28)49(76)62-19-7-10-37(62)48(75)58-33(21-27-8-5-4-6-9-27)46(73)61-41(26(3)64)50(77)78/h4-6,8-9,11-14,25-26,30-37,41,63-65H,7,10,15-24,51H2,1-3H3,(H2,52,66)(H2,53,67)(H2,54,68)(H,55,69)(H,56,70)(H,57,71)(H,58,75)(H,59,74)(H,60,72)(H,61,73)(H,77,78)/t26-,30+,31+,32+,33+,34+,35+,36+,37+,41+/m1/s1. The third kappa shape index (κ3) is 21.1. The Morgan fingerprint density at radius 2 is 1.10 bits per heavy atom. The summed E-state index contributed by atoms with van der Waals surface area (Å²) in [4.78, 5) is 159. The molecule has 28 nitrogen and oxygen atoms in total. The number of carboxylic acid groups (broad SMARTS) is 1. The van der Waals surface area contributed by atoms with Crippen molar-refractivity contribution in [1.29, 1.82) is 0 Å².